The van der Waals surface area contributed by atoms with E-state index >= 15 is 0 Å². The number of methoxy groups -OCH3 is 1. The normalized spacial score (nSPS) is 10.3. The Kier molecular flexibility index (Phi) is 3.55. The topological polar surface area (TPSA) is 51.5 Å². The highest BCUT2D eigenvalue weighted by Crippen LogP contribution is 2.22. The highest BCUT2D eigenvalue weighted by molar-refractivity contribution is 6.05. The number of carbonyl (C=O) groups is 1. The third kappa shape index (κ3) is 2.76. The molecular formula is C14H14FNO3. The molecule has 0 radical (unpaired) electrons. The van der Waals surface area contributed by atoms with Crippen molar-refractivity contribution in [1.82, 2.24) is 0 Å². The summed E-state index contributed by atoms with van der Waals surface area (Å²) in [6.07, 6.45) is 0. The molecule has 0 spiro atoms. The van der Waals surface area contributed by atoms with E-state index < -0.39 is 5.82 Å². The average molecular weight is 263 g/mol. The fourth-order valence-electron chi connectivity index (χ4n) is 1.79. The Hall–Kier alpha value is -2.30. The number of halogens is 1. The van der Waals surface area contributed by atoms with E-state index in [2.05, 4.69) is 5.32 Å². The highest BCUT2D eigenvalue weighted by atomic mass is 19.1. The van der Waals surface area contributed by atoms with Crippen LogP contribution in [0.5, 0.6) is 5.75 Å². The quantitative estimate of drug-likeness (QED) is 0.924. The van der Waals surface area contributed by atoms with E-state index in [9.17, 15) is 9.18 Å². The SMILES string of the molecule is COc1cc(NC(=O)c2cc(C)oc2C)ccc1F. The first-order valence-corrected chi connectivity index (χ1v) is 5.73. The Morgan fingerprint density at radius 1 is 1.32 bits per heavy atom. The number of furan rings is 1. The van der Waals surface area contributed by atoms with E-state index in [4.69, 9.17) is 9.15 Å². The molecule has 5 heteroatoms. The van der Waals surface area contributed by atoms with Crippen molar-refractivity contribution in [2.75, 3.05) is 12.4 Å². The maximum Gasteiger partial charge on any atom is 0.259 e. The predicted octanol–water partition coefficient (Wildman–Crippen LogP) is 3.30. The second-order valence-electron chi connectivity index (χ2n) is 4.13. The summed E-state index contributed by atoms with van der Waals surface area (Å²) in [4.78, 5) is 12.0. The van der Waals surface area contributed by atoms with Gasteiger partial charge in [-0.2, -0.15) is 0 Å². The Morgan fingerprint density at radius 2 is 2.05 bits per heavy atom. The van der Waals surface area contributed by atoms with Gasteiger partial charge in [0.05, 0.1) is 12.7 Å². The van der Waals surface area contributed by atoms with Gasteiger partial charge in [-0.25, -0.2) is 4.39 Å². The summed E-state index contributed by atoms with van der Waals surface area (Å²) < 4.78 is 23.4. The minimum atomic E-state index is -0.476. The molecule has 2 aromatic rings. The van der Waals surface area contributed by atoms with Crippen molar-refractivity contribution in [3.63, 3.8) is 0 Å². The number of anilines is 1. The first-order valence-electron chi connectivity index (χ1n) is 5.73. The third-order valence-corrected chi connectivity index (χ3v) is 2.69. The molecule has 0 aliphatic carbocycles. The Labute approximate surface area is 110 Å². The monoisotopic (exact) mass is 263 g/mol. The van der Waals surface area contributed by atoms with Gasteiger partial charge < -0.3 is 14.5 Å². The van der Waals surface area contributed by atoms with Gasteiger partial charge in [0.15, 0.2) is 11.6 Å². The van der Waals surface area contributed by atoms with Gasteiger partial charge in [-0.3, -0.25) is 4.79 Å². The van der Waals surface area contributed by atoms with Crippen molar-refractivity contribution < 1.29 is 18.3 Å². The van der Waals surface area contributed by atoms with Crippen molar-refractivity contribution >= 4 is 11.6 Å². The predicted molar refractivity (Wildman–Crippen MR) is 69.1 cm³/mol. The van der Waals surface area contributed by atoms with Gasteiger partial charge in [0.1, 0.15) is 11.5 Å². The minimum Gasteiger partial charge on any atom is -0.494 e. The first-order chi connectivity index (χ1) is 9.01. The van der Waals surface area contributed by atoms with Crippen LogP contribution in [0.15, 0.2) is 28.7 Å². The van der Waals surface area contributed by atoms with Gasteiger partial charge in [0, 0.05) is 11.8 Å². The summed E-state index contributed by atoms with van der Waals surface area (Å²) in [5, 5.41) is 2.67. The molecule has 0 fully saturated rings. The van der Waals surface area contributed by atoms with Gasteiger partial charge in [-0.05, 0) is 32.0 Å². The van der Waals surface area contributed by atoms with Crippen molar-refractivity contribution in [3.05, 3.63) is 47.2 Å². The van der Waals surface area contributed by atoms with Crippen molar-refractivity contribution in [2.24, 2.45) is 0 Å². The number of ether oxygens (including phenoxy) is 1. The lowest BCUT2D eigenvalue weighted by Gasteiger charge is -2.07. The lowest BCUT2D eigenvalue weighted by Crippen LogP contribution is -2.12. The van der Waals surface area contributed by atoms with Crippen LogP contribution in [-0.4, -0.2) is 13.0 Å². The smallest absolute Gasteiger partial charge is 0.259 e. The fraction of sp³-hybridized carbons (Fsp3) is 0.214. The molecule has 1 N–H and O–H groups in total. The van der Waals surface area contributed by atoms with E-state index in [1.54, 1.807) is 19.9 Å². The van der Waals surface area contributed by atoms with Gasteiger partial charge in [-0.1, -0.05) is 0 Å². The lowest BCUT2D eigenvalue weighted by atomic mass is 10.2. The molecule has 1 amide bonds. The van der Waals surface area contributed by atoms with E-state index in [-0.39, 0.29) is 11.7 Å². The fourth-order valence-corrected chi connectivity index (χ4v) is 1.79. The molecule has 2 rings (SSSR count). The molecule has 1 heterocycles. The standard InChI is InChI=1S/C14H14FNO3/c1-8-6-11(9(2)19-8)14(17)16-10-4-5-12(15)13(7-10)18-3/h4-7H,1-3H3,(H,16,17). The molecule has 100 valence electrons. The number of amides is 1. The zero-order valence-corrected chi connectivity index (χ0v) is 10.9. The molecule has 0 bridgehead atoms. The maximum absolute atomic E-state index is 13.2. The molecule has 1 aromatic carbocycles. The van der Waals surface area contributed by atoms with Crippen molar-refractivity contribution in [3.8, 4) is 5.75 Å². The molecule has 0 saturated carbocycles. The Balaban J connectivity index is 2.21. The summed E-state index contributed by atoms with van der Waals surface area (Å²) >= 11 is 0. The molecule has 0 atom stereocenters. The zero-order valence-electron chi connectivity index (χ0n) is 10.9. The van der Waals surface area contributed by atoms with Crippen LogP contribution >= 0.6 is 0 Å². The number of hydrogen-bond acceptors (Lipinski definition) is 3. The van der Waals surface area contributed by atoms with E-state index in [0.29, 0.717) is 22.8 Å². The molecule has 1 aromatic heterocycles. The Morgan fingerprint density at radius 3 is 2.63 bits per heavy atom. The first kappa shape index (κ1) is 13.1. The van der Waals surface area contributed by atoms with Gasteiger partial charge in [-0.15, -0.1) is 0 Å². The number of hydrogen-bond donors (Lipinski definition) is 1. The van der Waals surface area contributed by atoms with E-state index in [1.165, 1.54) is 25.3 Å². The van der Waals surface area contributed by atoms with Crippen LogP contribution in [0.4, 0.5) is 10.1 Å². The van der Waals surface area contributed by atoms with Gasteiger partial charge >= 0.3 is 0 Å². The maximum atomic E-state index is 13.2. The third-order valence-electron chi connectivity index (χ3n) is 2.69. The van der Waals surface area contributed by atoms with Crippen LogP contribution in [0.2, 0.25) is 0 Å². The summed E-state index contributed by atoms with van der Waals surface area (Å²) in [6, 6.07) is 5.79. The molecule has 19 heavy (non-hydrogen) atoms. The second-order valence-corrected chi connectivity index (χ2v) is 4.13. The molecule has 0 unspecified atom stereocenters. The zero-order chi connectivity index (χ0) is 14.0. The second kappa shape index (κ2) is 5.14. The van der Waals surface area contributed by atoms with Crippen LogP contribution in [0, 0.1) is 19.7 Å². The minimum absolute atomic E-state index is 0.0814. The van der Waals surface area contributed by atoms with Crippen molar-refractivity contribution in [1.29, 1.82) is 0 Å². The molecule has 0 aliphatic heterocycles. The number of aryl methyl sites for hydroxylation is 2. The summed E-state index contributed by atoms with van der Waals surface area (Å²) in [5.74, 6) is 0.514. The number of rotatable bonds is 3. The Bertz CT molecular complexity index is 619. The summed E-state index contributed by atoms with van der Waals surface area (Å²) in [5.41, 5.74) is 0.919. The van der Waals surface area contributed by atoms with Crippen molar-refractivity contribution in [2.45, 2.75) is 13.8 Å². The average Bonchev–Trinajstić information content (AvgIpc) is 2.71. The summed E-state index contributed by atoms with van der Waals surface area (Å²) in [6.45, 7) is 3.48. The largest absolute Gasteiger partial charge is 0.494 e. The number of nitrogens with one attached hydrogen (secondary N) is 1. The van der Waals surface area contributed by atoms with E-state index in [0.717, 1.165) is 0 Å². The number of benzene rings is 1. The van der Waals surface area contributed by atoms with Crippen LogP contribution < -0.4 is 10.1 Å². The number of carbonyl (C=O) groups excluding carboxylic acids is 1. The molecule has 0 saturated heterocycles. The highest BCUT2D eigenvalue weighted by Gasteiger charge is 2.14. The lowest BCUT2D eigenvalue weighted by molar-refractivity contribution is 0.102. The van der Waals surface area contributed by atoms with E-state index in [1.807, 2.05) is 0 Å². The molecule has 0 aliphatic rings. The molecule has 4 nitrogen and oxygen atoms in total. The van der Waals surface area contributed by atoms with Crippen LogP contribution in [0.1, 0.15) is 21.9 Å². The van der Waals surface area contributed by atoms with Gasteiger partial charge in [0.2, 0.25) is 0 Å². The van der Waals surface area contributed by atoms with Crippen LogP contribution in [0.3, 0.4) is 0 Å². The van der Waals surface area contributed by atoms with Crippen LogP contribution in [-0.2, 0) is 0 Å². The van der Waals surface area contributed by atoms with Gasteiger partial charge in [0.25, 0.3) is 5.91 Å². The van der Waals surface area contributed by atoms with Crippen LogP contribution in [0.25, 0.3) is 0 Å². The molecular weight excluding hydrogens is 249 g/mol. The summed E-state index contributed by atoms with van der Waals surface area (Å²) in [7, 11) is 1.37.